The number of aromatic nitrogens is 3. The van der Waals surface area contributed by atoms with Crippen LogP contribution < -0.4 is 16.2 Å². The molecule has 0 spiro atoms. The number of rotatable bonds is 10. The monoisotopic (exact) mass is 566 g/mol. The first-order valence-corrected chi connectivity index (χ1v) is 13.2. The molecule has 3 amide bonds. The van der Waals surface area contributed by atoms with Crippen LogP contribution in [0.4, 0.5) is 10.5 Å². The highest BCUT2D eigenvalue weighted by molar-refractivity contribution is 5.96. The highest BCUT2D eigenvalue weighted by atomic mass is 16.5. The van der Waals surface area contributed by atoms with E-state index in [0.717, 1.165) is 0 Å². The lowest BCUT2D eigenvalue weighted by molar-refractivity contribution is -0.123. The average molecular weight is 567 g/mol. The van der Waals surface area contributed by atoms with E-state index in [1.54, 1.807) is 32.4 Å². The molecule has 0 fully saturated rings. The number of amides is 3. The van der Waals surface area contributed by atoms with Gasteiger partial charge in [-0.3, -0.25) is 14.4 Å². The predicted octanol–water partition coefficient (Wildman–Crippen LogP) is 2.94. The summed E-state index contributed by atoms with van der Waals surface area (Å²) in [6.45, 7) is 5.93. The van der Waals surface area contributed by atoms with Gasteiger partial charge in [-0.05, 0) is 42.5 Å². The quantitative estimate of drug-likeness (QED) is 0.275. The zero-order valence-corrected chi connectivity index (χ0v) is 24.2. The number of carbonyl (C=O) groups is 3. The number of ether oxygens (including phenoxy) is 1. The minimum Gasteiger partial charge on any atom is -0.453 e. The molecule has 0 aliphatic carbocycles. The van der Waals surface area contributed by atoms with Crippen LogP contribution in [0, 0.1) is 5.41 Å². The van der Waals surface area contributed by atoms with Crippen molar-refractivity contribution in [2.75, 3.05) is 26.5 Å². The number of imidazole rings is 1. The molecule has 2 heterocycles. The minimum absolute atomic E-state index is 0.0208. The molecule has 1 unspecified atom stereocenters. The normalized spacial score (nSPS) is 13.1. The van der Waals surface area contributed by atoms with Crippen molar-refractivity contribution in [1.82, 2.24) is 24.8 Å². The van der Waals surface area contributed by atoms with Gasteiger partial charge in [-0.2, -0.15) is 0 Å². The Hall–Kier alpha value is -4.45. The number of nitrogens with zero attached hydrogens (tertiary/aromatic N) is 3. The first-order chi connectivity index (χ1) is 19.3. The van der Waals surface area contributed by atoms with Crippen LogP contribution in [0.3, 0.4) is 0 Å². The number of aliphatic hydroxyl groups excluding tert-OH is 1. The summed E-state index contributed by atoms with van der Waals surface area (Å²) in [4.78, 5) is 59.1. The largest absolute Gasteiger partial charge is 0.453 e. The molecule has 2 aromatic heterocycles. The molecular weight excluding hydrogens is 528 g/mol. The molecule has 0 aliphatic rings. The lowest BCUT2D eigenvalue weighted by Crippen LogP contribution is -2.44. The molecule has 3 rings (SSSR count). The van der Waals surface area contributed by atoms with Crippen LogP contribution in [0.25, 0.3) is 11.0 Å². The van der Waals surface area contributed by atoms with Crippen LogP contribution >= 0.6 is 0 Å². The number of allylic oxidation sites excluding steroid dienone is 1. The second kappa shape index (κ2) is 13.3. The van der Waals surface area contributed by atoms with Crippen molar-refractivity contribution in [3.8, 4) is 0 Å². The van der Waals surface area contributed by atoms with Gasteiger partial charge in [-0.1, -0.05) is 39.0 Å². The first-order valence-electron chi connectivity index (χ1n) is 13.2. The molecule has 220 valence electrons. The van der Waals surface area contributed by atoms with Crippen molar-refractivity contribution in [2.24, 2.45) is 5.41 Å². The fourth-order valence-electron chi connectivity index (χ4n) is 4.08. The zero-order valence-electron chi connectivity index (χ0n) is 24.2. The van der Waals surface area contributed by atoms with Gasteiger partial charge in [0.1, 0.15) is 17.6 Å². The average Bonchev–Trinajstić information content (AvgIpc) is 3.33. The van der Waals surface area contributed by atoms with Crippen LogP contribution in [0.15, 0.2) is 53.5 Å². The summed E-state index contributed by atoms with van der Waals surface area (Å²) in [5, 5.41) is 15.9. The van der Waals surface area contributed by atoms with Crippen molar-refractivity contribution >= 4 is 34.6 Å². The number of fused-ring (bicyclic) bond motifs is 1. The van der Waals surface area contributed by atoms with E-state index in [2.05, 4.69) is 25.3 Å². The number of hydrogen-bond donors (Lipinski definition) is 4. The van der Waals surface area contributed by atoms with Crippen LogP contribution in [0.5, 0.6) is 0 Å². The summed E-state index contributed by atoms with van der Waals surface area (Å²) >= 11 is 0. The molecule has 41 heavy (non-hydrogen) atoms. The molecule has 3 aromatic rings. The Morgan fingerprint density at radius 3 is 2.59 bits per heavy atom. The number of carbonyl (C=O) groups excluding carboxylic acids is 3. The van der Waals surface area contributed by atoms with Gasteiger partial charge in [0.05, 0.1) is 30.8 Å². The Bertz CT molecular complexity index is 1480. The lowest BCUT2D eigenvalue weighted by atomic mass is 9.84. The number of likely N-dealkylation sites (N-methyl/N-ethyl adjacent to an activating group) is 1. The topological polar surface area (TPSA) is 159 Å². The van der Waals surface area contributed by atoms with E-state index in [4.69, 9.17) is 0 Å². The molecule has 1 aromatic carbocycles. The van der Waals surface area contributed by atoms with E-state index in [-0.39, 0.29) is 30.0 Å². The maximum Gasteiger partial charge on any atom is 0.407 e. The Morgan fingerprint density at radius 1 is 1.20 bits per heavy atom. The Balaban J connectivity index is 1.79. The van der Waals surface area contributed by atoms with E-state index in [0.29, 0.717) is 28.8 Å². The number of H-pyrrole nitrogens is 1. The Labute approximate surface area is 238 Å². The molecule has 4 N–H and O–H groups in total. The van der Waals surface area contributed by atoms with Crippen molar-refractivity contribution in [1.29, 1.82) is 0 Å². The van der Waals surface area contributed by atoms with Gasteiger partial charge >= 0.3 is 6.09 Å². The molecule has 0 aliphatic heterocycles. The second-order valence-electron chi connectivity index (χ2n) is 10.9. The third-order valence-electron chi connectivity index (χ3n) is 6.43. The van der Waals surface area contributed by atoms with E-state index >= 15 is 0 Å². The maximum atomic E-state index is 13.2. The van der Waals surface area contributed by atoms with Gasteiger partial charge in [-0.15, -0.1) is 0 Å². The number of para-hydroxylation sites is 1. The van der Waals surface area contributed by atoms with Crippen LogP contribution in [0.2, 0.25) is 0 Å². The van der Waals surface area contributed by atoms with Gasteiger partial charge in [0.25, 0.3) is 5.56 Å². The third-order valence-corrected chi connectivity index (χ3v) is 6.43. The van der Waals surface area contributed by atoms with Crippen molar-refractivity contribution < 1.29 is 24.2 Å². The van der Waals surface area contributed by atoms with Gasteiger partial charge in [0.2, 0.25) is 11.8 Å². The van der Waals surface area contributed by atoms with E-state index in [1.807, 2.05) is 39.0 Å². The first kappa shape index (κ1) is 31.1. The number of nitrogens with one attached hydrogen (secondary N) is 3. The fraction of sp³-hybridized carbons (Fsp3) is 0.414. The molecule has 12 heteroatoms. The number of pyridine rings is 1. The summed E-state index contributed by atoms with van der Waals surface area (Å²) < 4.78 is 6.03. The SMILES string of the molecule is COC(=O)N[C@@H](CC/C=C/C(=O)N(C)C)C(=O)Nc1cccn(Cc2nc3cccc(C(O)C(C)(C)C)c3[nH]2)c1=O. The number of methoxy groups -OCH3 is 1. The molecule has 12 nitrogen and oxygen atoms in total. The van der Waals surface area contributed by atoms with Gasteiger partial charge in [0, 0.05) is 25.9 Å². The van der Waals surface area contributed by atoms with Crippen molar-refractivity contribution in [3.63, 3.8) is 0 Å². The molecule has 0 saturated heterocycles. The molecular formula is C29H38N6O6. The van der Waals surface area contributed by atoms with Crippen LogP contribution in [-0.2, 0) is 20.9 Å². The Morgan fingerprint density at radius 2 is 1.93 bits per heavy atom. The minimum atomic E-state index is -1.02. The number of benzene rings is 1. The van der Waals surface area contributed by atoms with Crippen LogP contribution in [0.1, 0.15) is 51.1 Å². The predicted molar refractivity (Wildman–Crippen MR) is 155 cm³/mol. The van der Waals surface area contributed by atoms with Gasteiger partial charge < -0.3 is 34.9 Å². The third kappa shape index (κ3) is 8.04. The van der Waals surface area contributed by atoms with Gasteiger partial charge in [-0.25, -0.2) is 9.78 Å². The maximum absolute atomic E-state index is 13.2. The second-order valence-corrected chi connectivity index (χ2v) is 10.9. The zero-order chi connectivity index (χ0) is 30.3. The van der Waals surface area contributed by atoms with Gasteiger partial charge in [0.15, 0.2) is 0 Å². The Kier molecular flexibility index (Phi) is 10.1. The summed E-state index contributed by atoms with van der Waals surface area (Å²) in [5.74, 6) is -0.312. The number of alkyl carbamates (subject to hydrolysis) is 1. The molecule has 0 saturated carbocycles. The van der Waals surface area contributed by atoms with Crippen molar-refractivity contribution in [2.45, 2.75) is 52.3 Å². The molecule has 0 radical (unpaired) electrons. The molecule has 2 atom stereocenters. The van der Waals surface area contributed by atoms with E-state index in [1.165, 1.54) is 28.7 Å². The highest BCUT2D eigenvalue weighted by Gasteiger charge is 2.26. The number of hydrogen-bond acceptors (Lipinski definition) is 7. The summed E-state index contributed by atoms with van der Waals surface area (Å²) in [6, 6.07) is 7.57. The van der Waals surface area contributed by atoms with E-state index in [9.17, 15) is 24.3 Å². The summed E-state index contributed by atoms with van der Waals surface area (Å²) in [5.41, 5.74) is 1.24. The summed E-state index contributed by atoms with van der Waals surface area (Å²) in [6.07, 6.45) is 3.53. The smallest absolute Gasteiger partial charge is 0.407 e. The fourth-order valence-corrected chi connectivity index (χ4v) is 4.08. The van der Waals surface area contributed by atoms with Crippen LogP contribution in [-0.4, -0.2) is 69.7 Å². The van der Waals surface area contributed by atoms with E-state index < -0.39 is 29.7 Å². The number of anilines is 1. The lowest BCUT2D eigenvalue weighted by Gasteiger charge is -2.26. The van der Waals surface area contributed by atoms with Crippen molar-refractivity contribution in [3.05, 3.63) is 70.4 Å². The highest BCUT2D eigenvalue weighted by Crippen LogP contribution is 2.35. The summed E-state index contributed by atoms with van der Waals surface area (Å²) in [7, 11) is 4.43. The standard InChI is InChI=1S/C29H38N6O6/c1-29(2,3)25(37)18-11-9-13-19-24(18)33-22(30-19)17-35-16-10-14-21(27(35)39)31-26(38)20(32-28(40)41-6)12-7-8-15-23(36)34(4)5/h8-11,13-16,20,25,37H,7,12,17H2,1-6H3,(H,30,33)(H,31,38)(H,32,40)/b15-8+/t20-,25?/m0/s1. The molecule has 0 bridgehead atoms. The number of aliphatic hydroxyl groups is 1. The number of aromatic amines is 1.